The normalized spacial score (nSPS) is 9.08. The van der Waals surface area contributed by atoms with Gasteiger partial charge in [0.05, 0.1) is 6.61 Å². The summed E-state index contributed by atoms with van der Waals surface area (Å²) in [6.45, 7) is -0.393. The Bertz CT molecular complexity index is 177. The van der Waals surface area contributed by atoms with Crippen LogP contribution in [0, 0.1) is 0 Å². The summed E-state index contributed by atoms with van der Waals surface area (Å²) >= 11 is 0. The van der Waals surface area contributed by atoms with Gasteiger partial charge in [0.15, 0.2) is 0 Å². The molecule has 0 aromatic carbocycles. The molecule has 0 bridgehead atoms. The van der Waals surface area contributed by atoms with Gasteiger partial charge in [-0.05, 0) is 0 Å². The number of carbonyl (C=O) groups is 2. The van der Waals surface area contributed by atoms with Crippen LogP contribution in [-0.4, -0.2) is 35.4 Å². The summed E-state index contributed by atoms with van der Waals surface area (Å²) in [5.74, 6) is -1.99. The van der Waals surface area contributed by atoms with Crippen LogP contribution in [0.1, 0.15) is 0 Å². The number of hydrogen-bond donors (Lipinski definition) is 3. The van der Waals surface area contributed by atoms with Crippen molar-refractivity contribution in [2.45, 2.75) is 0 Å². The number of aliphatic carboxylic acids is 1. The lowest BCUT2D eigenvalue weighted by molar-refractivity contribution is -0.139. The molecule has 0 aromatic rings. The lowest BCUT2D eigenvalue weighted by Crippen LogP contribution is -2.05. The van der Waals surface area contributed by atoms with E-state index in [0.717, 1.165) is 6.08 Å². The van der Waals surface area contributed by atoms with Gasteiger partial charge < -0.3 is 21.1 Å². The van der Waals surface area contributed by atoms with Crippen LogP contribution in [0.15, 0.2) is 12.2 Å². The minimum atomic E-state index is -1.22. The molecule has 0 fully saturated rings. The predicted octanol–water partition coefficient (Wildman–Crippen LogP) is -0.675. The van der Waals surface area contributed by atoms with Crippen LogP contribution >= 0.6 is 0 Å². The second-order valence-corrected chi connectivity index (χ2v) is 1.56. The van der Waals surface area contributed by atoms with Crippen molar-refractivity contribution in [1.29, 1.82) is 0 Å². The van der Waals surface area contributed by atoms with Crippen molar-refractivity contribution in [3.05, 3.63) is 12.2 Å². The minimum absolute atomic E-state index is 0. The third-order valence-corrected chi connectivity index (χ3v) is 0.698. The lowest BCUT2D eigenvalue weighted by Gasteiger charge is -1.95. The fourth-order valence-corrected chi connectivity index (χ4v) is 0.334. The summed E-state index contributed by atoms with van der Waals surface area (Å²) in [5.41, 5.74) is 0. The predicted molar refractivity (Wildman–Crippen MR) is 39.8 cm³/mol. The van der Waals surface area contributed by atoms with E-state index < -0.39 is 11.9 Å². The fraction of sp³-hybridized carbons (Fsp3) is 0.333. The monoisotopic (exact) mass is 177 g/mol. The average Bonchev–Trinajstić information content (AvgIpc) is 1.97. The summed E-state index contributed by atoms with van der Waals surface area (Å²) in [6.07, 6.45) is 1.44. The SMILES string of the molecule is N.O=C(O)/C=C\C(=O)OCCO. The number of ether oxygens (including phenoxy) is 1. The Morgan fingerprint density at radius 2 is 1.92 bits per heavy atom. The van der Waals surface area contributed by atoms with Gasteiger partial charge >= 0.3 is 11.9 Å². The maximum absolute atomic E-state index is 10.4. The summed E-state index contributed by atoms with van der Waals surface area (Å²) < 4.78 is 4.30. The molecule has 0 saturated carbocycles. The highest BCUT2D eigenvalue weighted by Crippen LogP contribution is 1.80. The van der Waals surface area contributed by atoms with E-state index in [0.29, 0.717) is 6.08 Å². The van der Waals surface area contributed by atoms with Gasteiger partial charge in [-0.1, -0.05) is 0 Å². The van der Waals surface area contributed by atoms with Crippen molar-refractivity contribution in [2.24, 2.45) is 0 Å². The minimum Gasteiger partial charge on any atom is -0.478 e. The molecule has 0 saturated heterocycles. The number of carboxylic acids is 1. The maximum Gasteiger partial charge on any atom is 0.331 e. The highest BCUT2D eigenvalue weighted by molar-refractivity contribution is 5.90. The molecule has 6 nitrogen and oxygen atoms in total. The number of aliphatic hydroxyl groups is 1. The number of carbonyl (C=O) groups excluding carboxylic acids is 1. The quantitative estimate of drug-likeness (QED) is 0.387. The number of aliphatic hydroxyl groups excluding tert-OH is 1. The molecule has 0 atom stereocenters. The molecule has 0 aliphatic rings. The van der Waals surface area contributed by atoms with Gasteiger partial charge in [0.25, 0.3) is 0 Å². The number of carboxylic acid groups (broad SMARTS) is 1. The van der Waals surface area contributed by atoms with E-state index in [4.69, 9.17) is 10.2 Å². The van der Waals surface area contributed by atoms with E-state index in [1.807, 2.05) is 0 Å². The largest absolute Gasteiger partial charge is 0.478 e. The van der Waals surface area contributed by atoms with E-state index in [2.05, 4.69) is 4.74 Å². The summed E-state index contributed by atoms with van der Waals surface area (Å²) in [7, 11) is 0. The van der Waals surface area contributed by atoms with Gasteiger partial charge in [0.2, 0.25) is 0 Å². The zero-order chi connectivity index (χ0) is 8.69. The van der Waals surface area contributed by atoms with Crippen LogP contribution in [0.25, 0.3) is 0 Å². The van der Waals surface area contributed by atoms with Gasteiger partial charge in [-0.3, -0.25) is 0 Å². The van der Waals surface area contributed by atoms with Crippen molar-refractivity contribution in [3.63, 3.8) is 0 Å². The fourth-order valence-electron chi connectivity index (χ4n) is 0.334. The van der Waals surface area contributed by atoms with Crippen LogP contribution in [-0.2, 0) is 14.3 Å². The first-order valence-corrected chi connectivity index (χ1v) is 2.85. The summed E-state index contributed by atoms with van der Waals surface area (Å²) in [5, 5.41) is 16.2. The Morgan fingerprint density at radius 3 is 2.33 bits per heavy atom. The molecule has 0 aliphatic heterocycles. The molecule has 70 valence electrons. The Hall–Kier alpha value is -1.40. The molecule has 12 heavy (non-hydrogen) atoms. The molecule has 0 amide bonds. The molecule has 0 spiro atoms. The maximum atomic E-state index is 10.4. The van der Waals surface area contributed by atoms with Gasteiger partial charge in [-0.2, -0.15) is 0 Å². The van der Waals surface area contributed by atoms with Crippen molar-refractivity contribution in [1.82, 2.24) is 6.15 Å². The van der Waals surface area contributed by atoms with Crippen molar-refractivity contribution in [2.75, 3.05) is 13.2 Å². The molecular weight excluding hydrogens is 166 g/mol. The zero-order valence-electron chi connectivity index (χ0n) is 6.40. The third kappa shape index (κ3) is 8.60. The highest BCUT2D eigenvalue weighted by Gasteiger charge is 1.95. The van der Waals surface area contributed by atoms with Crippen molar-refractivity contribution < 1.29 is 24.5 Å². The first kappa shape index (κ1) is 13.2. The Kier molecular flexibility index (Phi) is 8.48. The van der Waals surface area contributed by atoms with E-state index in [-0.39, 0.29) is 19.4 Å². The lowest BCUT2D eigenvalue weighted by atomic mass is 10.5. The van der Waals surface area contributed by atoms with Crippen molar-refractivity contribution >= 4 is 11.9 Å². The molecular formula is C6H11NO5. The standard InChI is InChI=1S/C6H8O5.H3N/c7-3-4-11-6(10)2-1-5(8)9;/h1-2,7H,3-4H2,(H,8,9);1H3/b2-1-;. The number of hydrogen-bond acceptors (Lipinski definition) is 5. The van der Waals surface area contributed by atoms with E-state index in [9.17, 15) is 9.59 Å². The van der Waals surface area contributed by atoms with Gasteiger partial charge in [0.1, 0.15) is 6.61 Å². The molecule has 0 aromatic heterocycles. The smallest absolute Gasteiger partial charge is 0.331 e. The molecule has 6 heteroatoms. The Morgan fingerprint density at radius 1 is 1.33 bits per heavy atom. The second-order valence-electron chi connectivity index (χ2n) is 1.56. The van der Waals surface area contributed by atoms with Crippen LogP contribution in [0.5, 0.6) is 0 Å². The topological polar surface area (TPSA) is 119 Å². The van der Waals surface area contributed by atoms with Crippen LogP contribution < -0.4 is 6.15 Å². The number of esters is 1. The Labute approximate surface area is 69.0 Å². The Balaban J connectivity index is 0. The number of rotatable bonds is 4. The van der Waals surface area contributed by atoms with Crippen LogP contribution in [0.4, 0.5) is 0 Å². The van der Waals surface area contributed by atoms with Crippen molar-refractivity contribution in [3.8, 4) is 0 Å². The first-order valence-electron chi connectivity index (χ1n) is 2.85. The van der Waals surface area contributed by atoms with E-state index in [1.165, 1.54) is 0 Å². The molecule has 0 aliphatic carbocycles. The van der Waals surface area contributed by atoms with Crippen LogP contribution in [0.3, 0.4) is 0 Å². The zero-order valence-corrected chi connectivity index (χ0v) is 6.40. The summed E-state index contributed by atoms with van der Waals surface area (Å²) in [6, 6.07) is 0. The molecule has 0 radical (unpaired) electrons. The molecule has 0 rings (SSSR count). The molecule has 0 unspecified atom stereocenters. The average molecular weight is 177 g/mol. The van der Waals surface area contributed by atoms with Gasteiger partial charge in [0, 0.05) is 12.2 Å². The molecule has 5 N–H and O–H groups in total. The summed E-state index contributed by atoms with van der Waals surface area (Å²) in [4.78, 5) is 20.3. The second kappa shape index (κ2) is 7.70. The molecule has 0 heterocycles. The third-order valence-electron chi connectivity index (χ3n) is 0.698. The first-order chi connectivity index (χ1) is 5.16. The highest BCUT2D eigenvalue weighted by atomic mass is 16.5. The van der Waals surface area contributed by atoms with Gasteiger partial charge in [-0.25, -0.2) is 9.59 Å². The van der Waals surface area contributed by atoms with Crippen LogP contribution in [0.2, 0.25) is 0 Å². The van der Waals surface area contributed by atoms with E-state index >= 15 is 0 Å². The van der Waals surface area contributed by atoms with Gasteiger partial charge in [-0.15, -0.1) is 0 Å². The van der Waals surface area contributed by atoms with E-state index in [1.54, 1.807) is 0 Å².